The fourth-order valence-corrected chi connectivity index (χ4v) is 5.18. The lowest BCUT2D eigenvalue weighted by molar-refractivity contribution is 1.40. The number of rotatable bonds is 7. The Morgan fingerprint density at radius 2 is 0.700 bits per heavy atom. The van der Waals surface area contributed by atoms with Gasteiger partial charge in [0.25, 0.3) is 0 Å². The van der Waals surface area contributed by atoms with Gasteiger partial charge in [0.15, 0.2) is 0 Å². The summed E-state index contributed by atoms with van der Waals surface area (Å²) in [6.45, 7) is 4.33. The van der Waals surface area contributed by atoms with Crippen molar-refractivity contribution in [1.82, 2.24) is 0 Å². The van der Waals surface area contributed by atoms with Gasteiger partial charge in [0.1, 0.15) is 0 Å². The third-order valence-corrected chi connectivity index (χ3v) is 7.35. The first-order valence-corrected chi connectivity index (χ1v) is 13.7. The van der Waals surface area contributed by atoms with Crippen molar-refractivity contribution in [3.05, 3.63) is 157 Å². The van der Waals surface area contributed by atoms with Gasteiger partial charge in [-0.1, -0.05) is 109 Å². The zero-order chi connectivity index (χ0) is 27.3. The van der Waals surface area contributed by atoms with E-state index in [0.717, 1.165) is 22.7 Å². The van der Waals surface area contributed by atoms with E-state index in [0.29, 0.717) is 0 Å². The molecule has 0 aliphatic heterocycles. The van der Waals surface area contributed by atoms with E-state index in [4.69, 9.17) is 0 Å². The number of para-hydroxylation sites is 2. The van der Waals surface area contributed by atoms with E-state index in [9.17, 15) is 0 Å². The minimum atomic E-state index is 1.10. The first-order valence-electron chi connectivity index (χ1n) is 13.7. The number of nitrogens with one attached hydrogen (secondary N) is 2. The smallest absolute Gasteiger partial charge is 0.0463 e. The lowest BCUT2D eigenvalue weighted by atomic mass is 9.99. The van der Waals surface area contributed by atoms with E-state index in [-0.39, 0.29) is 0 Å². The quantitative estimate of drug-likeness (QED) is 0.220. The molecule has 0 saturated heterocycles. The molecule has 2 N–H and O–H groups in total. The summed E-state index contributed by atoms with van der Waals surface area (Å²) in [6, 6.07) is 51.3. The third kappa shape index (κ3) is 5.39. The second-order valence-electron chi connectivity index (χ2n) is 10.1. The summed E-state index contributed by atoms with van der Waals surface area (Å²) in [7, 11) is 0. The Bertz CT molecular complexity index is 1620. The lowest BCUT2D eigenvalue weighted by Crippen LogP contribution is -1.97. The van der Waals surface area contributed by atoms with Crippen molar-refractivity contribution in [3.8, 4) is 33.4 Å². The van der Waals surface area contributed by atoms with E-state index in [2.05, 4.69) is 170 Å². The zero-order valence-electron chi connectivity index (χ0n) is 22.9. The Balaban J connectivity index is 1.24. The number of hydrogen-bond donors (Lipinski definition) is 2. The van der Waals surface area contributed by atoms with Crippen LogP contribution in [0.2, 0.25) is 0 Å². The van der Waals surface area contributed by atoms with Crippen LogP contribution in [-0.4, -0.2) is 0 Å². The molecule has 0 heterocycles. The molecule has 6 aromatic carbocycles. The number of aryl methyl sites for hydroxylation is 2. The molecule has 2 nitrogen and oxygen atoms in total. The fraction of sp³-hybridized carbons (Fsp3) is 0.0526. The highest BCUT2D eigenvalue weighted by atomic mass is 14.9. The van der Waals surface area contributed by atoms with Gasteiger partial charge in [-0.05, 0) is 83.6 Å². The predicted octanol–water partition coefficient (Wildman–Crippen LogP) is 10.8. The second-order valence-corrected chi connectivity index (χ2v) is 10.1. The van der Waals surface area contributed by atoms with E-state index >= 15 is 0 Å². The highest BCUT2D eigenvalue weighted by Crippen LogP contribution is 2.35. The third-order valence-electron chi connectivity index (χ3n) is 7.35. The lowest BCUT2D eigenvalue weighted by Gasteiger charge is -2.17. The number of anilines is 4. The van der Waals surface area contributed by atoms with Crippen molar-refractivity contribution in [3.63, 3.8) is 0 Å². The standard InChI is InChI=1S/C38H32N2/c1-27-25-31(21-23-35(27)39-37-19-11-9-17-33(37)29-13-5-3-6-14-29)32-22-24-36(28(2)26-32)40-38-20-12-10-18-34(38)30-15-7-4-8-16-30/h3-26,39-40H,1-2H3. The van der Waals surface area contributed by atoms with Gasteiger partial charge in [0.2, 0.25) is 0 Å². The molecule has 6 rings (SSSR count). The molecule has 0 atom stereocenters. The van der Waals surface area contributed by atoms with Crippen LogP contribution >= 0.6 is 0 Å². The SMILES string of the molecule is Cc1cc(-c2ccc(Nc3ccccc3-c3ccccc3)c(C)c2)ccc1Nc1ccccc1-c1ccccc1. The average molecular weight is 517 g/mol. The fourth-order valence-electron chi connectivity index (χ4n) is 5.18. The van der Waals surface area contributed by atoms with E-state index in [1.165, 1.54) is 44.5 Å². The molecule has 0 radical (unpaired) electrons. The molecule has 0 spiro atoms. The van der Waals surface area contributed by atoms with Gasteiger partial charge in [0, 0.05) is 33.9 Å². The molecule has 6 aromatic rings. The van der Waals surface area contributed by atoms with E-state index in [1.54, 1.807) is 0 Å². The summed E-state index contributed by atoms with van der Waals surface area (Å²) in [4.78, 5) is 0. The second kappa shape index (κ2) is 11.3. The predicted molar refractivity (Wildman–Crippen MR) is 172 cm³/mol. The Morgan fingerprint density at radius 1 is 0.325 bits per heavy atom. The number of hydrogen-bond acceptors (Lipinski definition) is 2. The molecule has 0 bridgehead atoms. The molecule has 40 heavy (non-hydrogen) atoms. The highest BCUT2D eigenvalue weighted by Gasteiger charge is 2.10. The molecule has 0 fully saturated rings. The maximum Gasteiger partial charge on any atom is 0.0463 e. The first kappa shape index (κ1) is 25.2. The van der Waals surface area contributed by atoms with Crippen molar-refractivity contribution in [2.75, 3.05) is 10.6 Å². The molecule has 194 valence electrons. The van der Waals surface area contributed by atoms with Gasteiger partial charge < -0.3 is 10.6 Å². The molecular formula is C38H32N2. The molecule has 0 aliphatic carbocycles. The summed E-state index contributed by atoms with van der Waals surface area (Å²) in [6.07, 6.45) is 0. The molecule has 0 saturated carbocycles. The van der Waals surface area contributed by atoms with Crippen molar-refractivity contribution in [1.29, 1.82) is 0 Å². The minimum Gasteiger partial charge on any atom is -0.355 e. The Kier molecular flexibility index (Phi) is 7.15. The average Bonchev–Trinajstić information content (AvgIpc) is 3.00. The Hall–Kier alpha value is -5.08. The normalized spacial score (nSPS) is 10.8. The summed E-state index contributed by atoms with van der Waals surface area (Å²) >= 11 is 0. The van der Waals surface area contributed by atoms with Gasteiger partial charge in [0.05, 0.1) is 0 Å². The molecule has 0 aliphatic rings. The summed E-state index contributed by atoms with van der Waals surface area (Å²) in [5.74, 6) is 0. The maximum atomic E-state index is 3.67. The summed E-state index contributed by atoms with van der Waals surface area (Å²) in [5.41, 5.74) is 14.0. The zero-order valence-corrected chi connectivity index (χ0v) is 22.9. The van der Waals surface area contributed by atoms with Crippen molar-refractivity contribution in [2.45, 2.75) is 13.8 Å². The molecule has 0 amide bonds. The molecule has 2 heteroatoms. The van der Waals surface area contributed by atoms with Crippen LogP contribution < -0.4 is 10.6 Å². The van der Waals surface area contributed by atoms with Crippen LogP contribution in [0.3, 0.4) is 0 Å². The summed E-state index contributed by atoms with van der Waals surface area (Å²) in [5, 5.41) is 7.35. The molecule has 0 unspecified atom stereocenters. The topological polar surface area (TPSA) is 24.1 Å². The Labute approximate surface area is 237 Å². The van der Waals surface area contributed by atoms with Gasteiger partial charge in [-0.3, -0.25) is 0 Å². The van der Waals surface area contributed by atoms with Crippen LogP contribution in [0.5, 0.6) is 0 Å². The van der Waals surface area contributed by atoms with Crippen LogP contribution in [0.4, 0.5) is 22.7 Å². The van der Waals surface area contributed by atoms with Gasteiger partial charge in [-0.15, -0.1) is 0 Å². The molecular weight excluding hydrogens is 484 g/mol. The van der Waals surface area contributed by atoms with Crippen LogP contribution in [0.1, 0.15) is 11.1 Å². The summed E-state index contributed by atoms with van der Waals surface area (Å²) < 4.78 is 0. The first-order chi connectivity index (χ1) is 19.7. The maximum absolute atomic E-state index is 3.67. The molecule has 0 aromatic heterocycles. The van der Waals surface area contributed by atoms with Crippen molar-refractivity contribution < 1.29 is 0 Å². The van der Waals surface area contributed by atoms with Gasteiger partial charge in [-0.2, -0.15) is 0 Å². The number of benzene rings is 6. The Morgan fingerprint density at radius 3 is 1.10 bits per heavy atom. The van der Waals surface area contributed by atoms with E-state index < -0.39 is 0 Å². The van der Waals surface area contributed by atoms with Crippen molar-refractivity contribution >= 4 is 22.7 Å². The van der Waals surface area contributed by atoms with E-state index in [1.807, 2.05) is 0 Å². The van der Waals surface area contributed by atoms with Crippen molar-refractivity contribution in [2.24, 2.45) is 0 Å². The largest absolute Gasteiger partial charge is 0.355 e. The minimum absolute atomic E-state index is 1.10. The monoisotopic (exact) mass is 516 g/mol. The van der Waals surface area contributed by atoms with Crippen LogP contribution in [0.15, 0.2) is 146 Å². The van der Waals surface area contributed by atoms with Gasteiger partial charge >= 0.3 is 0 Å². The van der Waals surface area contributed by atoms with Crippen LogP contribution in [-0.2, 0) is 0 Å². The van der Waals surface area contributed by atoms with Crippen LogP contribution in [0.25, 0.3) is 33.4 Å². The van der Waals surface area contributed by atoms with Crippen LogP contribution in [0, 0.1) is 13.8 Å². The highest BCUT2D eigenvalue weighted by molar-refractivity contribution is 5.84. The van der Waals surface area contributed by atoms with Gasteiger partial charge in [-0.25, -0.2) is 0 Å².